The van der Waals surface area contributed by atoms with Gasteiger partial charge in [-0.1, -0.05) is 30.7 Å². The maximum Gasteiger partial charge on any atom is 0.258 e. The summed E-state index contributed by atoms with van der Waals surface area (Å²) in [4.78, 5) is 12.2. The molecule has 0 aliphatic carbocycles. The van der Waals surface area contributed by atoms with Gasteiger partial charge in [-0.15, -0.1) is 0 Å². The van der Waals surface area contributed by atoms with Crippen molar-refractivity contribution >= 4 is 17.5 Å². The topological polar surface area (TPSA) is 47.6 Å². The SMILES string of the molecule is CCC(NC(=O)COc1cc(C)c(Cl)c(C)c1)c1ccc(OC)cc1. The first kappa shape index (κ1) is 19.1. The van der Waals surface area contributed by atoms with Crippen molar-refractivity contribution < 1.29 is 14.3 Å². The van der Waals surface area contributed by atoms with E-state index in [2.05, 4.69) is 5.32 Å². The molecule has 0 saturated carbocycles. The van der Waals surface area contributed by atoms with Crippen LogP contribution in [-0.2, 0) is 4.79 Å². The van der Waals surface area contributed by atoms with Crippen LogP contribution in [0.4, 0.5) is 0 Å². The molecular weight excluding hydrogens is 338 g/mol. The lowest BCUT2D eigenvalue weighted by Crippen LogP contribution is -2.32. The lowest BCUT2D eigenvalue weighted by atomic mass is 10.0. The van der Waals surface area contributed by atoms with Crippen LogP contribution >= 0.6 is 11.6 Å². The molecule has 0 radical (unpaired) electrons. The van der Waals surface area contributed by atoms with E-state index in [0.29, 0.717) is 5.75 Å². The molecule has 2 rings (SSSR count). The summed E-state index contributed by atoms with van der Waals surface area (Å²) in [7, 11) is 1.63. The van der Waals surface area contributed by atoms with Crippen molar-refractivity contribution in [2.75, 3.05) is 13.7 Å². The summed E-state index contributed by atoms with van der Waals surface area (Å²) in [6.45, 7) is 5.83. The van der Waals surface area contributed by atoms with E-state index in [1.165, 1.54) is 0 Å². The van der Waals surface area contributed by atoms with Gasteiger partial charge in [-0.3, -0.25) is 4.79 Å². The molecule has 0 bridgehead atoms. The minimum absolute atomic E-state index is 0.0346. The summed E-state index contributed by atoms with van der Waals surface area (Å²) in [6.07, 6.45) is 0.789. The largest absolute Gasteiger partial charge is 0.497 e. The highest BCUT2D eigenvalue weighted by Gasteiger charge is 2.14. The quantitative estimate of drug-likeness (QED) is 0.783. The molecule has 0 aromatic heterocycles. The summed E-state index contributed by atoms with van der Waals surface area (Å²) >= 11 is 6.15. The number of halogens is 1. The van der Waals surface area contributed by atoms with Gasteiger partial charge in [-0.05, 0) is 61.2 Å². The van der Waals surface area contributed by atoms with E-state index in [0.717, 1.165) is 33.9 Å². The van der Waals surface area contributed by atoms with Crippen molar-refractivity contribution in [3.8, 4) is 11.5 Å². The van der Waals surface area contributed by atoms with Crippen molar-refractivity contribution in [3.63, 3.8) is 0 Å². The summed E-state index contributed by atoms with van der Waals surface area (Å²) in [5.41, 5.74) is 2.90. The third kappa shape index (κ3) is 5.13. The van der Waals surface area contributed by atoms with Gasteiger partial charge in [0.2, 0.25) is 0 Å². The molecule has 0 aliphatic rings. The fourth-order valence-electron chi connectivity index (χ4n) is 2.63. The number of hydrogen-bond acceptors (Lipinski definition) is 3. The molecule has 2 aromatic carbocycles. The molecule has 2 aromatic rings. The lowest BCUT2D eigenvalue weighted by Gasteiger charge is -2.18. The first-order chi connectivity index (χ1) is 11.9. The van der Waals surface area contributed by atoms with Gasteiger partial charge in [0.25, 0.3) is 5.91 Å². The second kappa shape index (κ2) is 8.77. The van der Waals surface area contributed by atoms with E-state index < -0.39 is 0 Å². The number of aryl methyl sites for hydroxylation is 2. The molecule has 0 heterocycles. The van der Waals surface area contributed by atoms with E-state index in [1.807, 2.05) is 57.2 Å². The third-order valence-corrected chi connectivity index (χ3v) is 4.64. The number of methoxy groups -OCH3 is 1. The molecule has 0 saturated heterocycles. The molecule has 1 unspecified atom stereocenters. The molecular formula is C20H24ClNO3. The highest BCUT2D eigenvalue weighted by molar-refractivity contribution is 6.32. The number of benzene rings is 2. The lowest BCUT2D eigenvalue weighted by molar-refractivity contribution is -0.123. The van der Waals surface area contributed by atoms with Gasteiger partial charge in [-0.25, -0.2) is 0 Å². The van der Waals surface area contributed by atoms with E-state index >= 15 is 0 Å². The van der Waals surface area contributed by atoms with Crippen LogP contribution in [0.2, 0.25) is 5.02 Å². The predicted molar refractivity (Wildman–Crippen MR) is 101 cm³/mol. The fraction of sp³-hybridized carbons (Fsp3) is 0.350. The Labute approximate surface area is 154 Å². The number of carbonyl (C=O) groups is 1. The minimum Gasteiger partial charge on any atom is -0.497 e. The van der Waals surface area contributed by atoms with Crippen LogP contribution in [0.5, 0.6) is 11.5 Å². The summed E-state index contributed by atoms with van der Waals surface area (Å²) < 4.78 is 10.8. The summed E-state index contributed by atoms with van der Waals surface area (Å²) in [5, 5.41) is 3.72. The van der Waals surface area contributed by atoms with E-state index in [-0.39, 0.29) is 18.6 Å². The smallest absolute Gasteiger partial charge is 0.258 e. The van der Waals surface area contributed by atoms with Crippen LogP contribution in [0.25, 0.3) is 0 Å². The average molecular weight is 362 g/mol. The van der Waals surface area contributed by atoms with Gasteiger partial charge in [0.1, 0.15) is 11.5 Å². The third-order valence-electron chi connectivity index (χ3n) is 4.04. The van der Waals surface area contributed by atoms with Crippen LogP contribution in [-0.4, -0.2) is 19.6 Å². The molecule has 0 aliphatic heterocycles. The zero-order valence-electron chi connectivity index (χ0n) is 15.1. The normalized spacial score (nSPS) is 11.7. The van der Waals surface area contributed by atoms with Gasteiger partial charge in [0, 0.05) is 5.02 Å². The highest BCUT2D eigenvalue weighted by atomic mass is 35.5. The Morgan fingerprint density at radius 2 is 1.72 bits per heavy atom. The zero-order valence-corrected chi connectivity index (χ0v) is 15.8. The first-order valence-electron chi connectivity index (χ1n) is 8.27. The first-order valence-corrected chi connectivity index (χ1v) is 8.65. The minimum atomic E-state index is -0.159. The molecule has 0 spiro atoms. The number of ether oxygens (including phenoxy) is 2. The van der Waals surface area contributed by atoms with Crippen LogP contribution in [0.1, 0.15) is 36.1 Å². The second-order valence-electron chi connectivity index (χ2n) is 5.96. The molecule has 25 heavy (non-hydrogen) atoms. The number of nitrogens with one attached hydrogen (secondary N) is 1. The Bertz CT molecular complexity index is 705. The summed E-state index contributed by atoms with van der Waals surface area (Å²) in [5.74, 6) is 1.28. The van der Waals surface area contributed by atoms with Crippen molar-refractivity contribution in [2.45, 2.75) is 33.2 Å². The molecule has 0 fully saturated rings. The van der Waals surface area contributed by atoms with E-state index in [4.69, 9.17) is 21.1 Å². The molecule has 1 amide bonds. The monoisotopic (exact) mass is 361 g/mol. The number of rotatable bonds is 7. The molecule has 1 atom stereocenters. The Balaban J connectivity index is 1.95. The van der Waals surface area contributed by atoms with Crippen molar-refractivity contribution in [1.82, 2.24) is 5.32 Å². The van der Waals surface area contributed by atoms with Crippen LogP contribution in [0.15, 0.2) is 36.4 Å². The number of hydrogen-bond donors (Lipinski definition) is 1. The second-order valence-corrected chi connectivity index (χ2v) is 6.34. The fourth-order valence-corrected chi connectivity index (χ4v) is 2.74. The molecule has 134 valence electrons. The molecule has 1 N–H and O–H groups in total. The molecule has 5 heteroatoms. The van der Waals surface area contributed by atoms with Gasteiger partial charge in [-0.2, -0.15) is 0 Å². The van der Waals surface area contributed by atoms with Crippen molar-refractivity contribution in [1.29, 1.82) is 0 Å². The van der Waals surface area contributed by atoms with Crippen LogP contribution in [0.3, 0.4) is 0 Å². The maximum atomic E-state index is 12.2. The highest BCUT2D eigenvalue weighted by Crippen LogP contribution is 2.26. The zero-order chi connectivity index (χ0) is 18.4. The standard InChI is InChI=1S/C20H24ClNO3/c1-5-18(15-6-8-16(24-4)9-7-15)22-19(23)12-25-17-10-13(2)20(21)14(3)11-17/h6-11,18H,5,12H2,1-4H3,(H,22,23). The summed E-state index contributed by atoms with van der Waals surface area (Å²) in [6, 6.07) is 11.3. The van der Waals surface area contributed by atoms with Gasteiger partial charge in [0.15, 0.2) is 6.61 Å². The van der Waals surface area contributed by atoms with Gasteiger partial charge in [0.05, 0.1) is 13.2 Å². The Morgan fingerprint density at radius 1 is 1.12 bits per heavy atom. The van der Waals surface area contributed by atoms with Crippen molar-refractivity contribution in [3.05, 3.63) is 58.1 Å². The number of carbonyl (C=O) groups excluding carboxylic acids is 1. The van der Waals surface area contributed by atoms with Gasteiger partial charge >= 0.3 is 0 Å². The number of amides is 1. The van der Waals surface area contributed by atoms with Crippen molar-refractivity contribution in [2.24, 2.45) is 0 Å². The van der Waals surface area contributed by atoms with Crippen LogP contribution < -0.4 is 14.8 Å². The molecule has 4 nitrogen and oxygen atoms in total. The van der Waals surface area contributed by atoms with E-state index in [1.54, 1.807) is 7.11 Å². The average Bonchev–Trinajstić information content (AvgIpc) is 2.62. The van der Waals surface area contributed by atoms with Gasteiger partial charge < -0.3 is 14.8 Å². The predicted octanol–water partition coefficient (Wildman–Crippen LogP) is 4.61. The maximum absolute atomic E-state index is 12.2. The van der Waals surface area contributed by atoms with Crippen LogP contribution in [0, 0.1) is 13.8 Å². The Hall–Kier alpha value is -2.20. The Morgan fingerprint density at radius 3 is 2.24 bits per heavy atom. The Kier molecular flexibility index (Phi) is 6.71. The van der Waals surface area contributed by atoms with E-state index in [9.17, 15) is 4.79 Å².